The quantitative estimate of drug-likeness (QED) is 0.471. The zero-order chi connectivity index (χ0) is 22.3. The molecular formula is C20H24N6O3S3. The molecule has 1 aliphatic heterocycles. The fraction of sp³-hybridized carbons (Fsp3) is 0.450. The number of anilines is 2. The van der Waals surface area contributed by atoms with Gasteiger partial charge in [0.15, 0.2) is 5.13 Å². The first-order valence-corrected chi connectivity index (χ1v) is 13.0. The molecule has 1 saturated heterocycles. The van der Waals surface area contributed by atoms with Gasteiger partial charge in [-0.05, 0) is 42.8 Å². The van der Waals surface area contributed by atoms with Crippen molar-refractivity contribution in [2.24, 2.45) is 0 Å². The van der Waals surface area contributed by atoms with E-state index in [0.29, 0.717) is 15.1 Å². The van der Waals surface area contributed by atoms with E-state index in [4.69, 9.17) is 4.74 Å². The number of hydrogen-bond donors (Lipinski definition) is 2. The molecular weight excluding hydrogens is 468 g/mol. The van der Waals surface area contributed by atoms with E-state index in [0.717, 1.165) is 62.7 Å². The summed E-state index contributed by atoms with van der Waals surface area (Å²) in [7, 11) is 0. The van der Waals surface area contributed by atoms with Gasteiger partial charge in [0.1, 0.15) is 10.7 Å². The molecule has 1 aliphatic rings. The average molecular weight is 493 g/mol. The van der Waals surface area contributed by atoms with Crippen LogP contribution in [-0.2, 0) is 17.6 Å². The van der Waals surface area contributed by atoms with Crippen LogP contribution in [0.5, 0.6) is 0 Å². The number of aromatic nitrogens is 3. The summed E-state index contributed by atoms with van der Waals surface area (Å²) in [6, 6.07) is 2.01. The fourth-order valence-corrected chi connectivity index (χ4v) is 5.46. The maximum absolute atomic E-state index is 12.8. The molecule has 3 aromatic rings. The molecule has 0 atom stereocenters. The summed E-state index contributed by atoms with van der Waals surface area (Å²) < 4.78 is 5.38. The number of carbonyl (C=O) groups excluding carboxylic acids is 2. The van der Waals surface area contributed by atoms with Crippen LogP contribution in [0.15, 0.2) is 16.8 Å². The zero-order valence-corrected chi connectivity index (χ0v) is 20.1. The fourth-order valence-electron chi connectivity index (χ4n) is 3.25. The van der Waals surface area contributed by atoms with Crippen molar-refractivity contribution in [3.8, 4) is 0 Å². The normalized spacial score (nSPS) is 14.4. The van der Waals surface area contributed by atoms with Gasteiger partial charge in [0.05, 0.1) is 18.1 Å². The topological polar surface area (TPSA) is 109 Å². The van der Waals surface area contributed by atoms with Gasteiger partial charge in [-0.1, -0.05) is 18.3 Å². The molecule has 1 fully saturated rings. The molecule has 2 amide bonds. The van der Waals surface area contributed by atoms with Gasteiger partial charge >= 0.3 is 0 Å². The predicted octanol–water partition coefficient (Wildman–Crippen LogP) is 3.39. The minimum atomic E-state index is -0.375. The Morgan fingerprint density at radius 3 is 2.72 bits per heavy atom. The first kappa shape index (κ1) is 22.9. The number of nitrogens with one attached hydrogen (secondary N) is 2. The summed E-state index contributed by atoms with van der Waals surface area (Å²) in [6.45, 7) is 6.50. The summed E-state index contributed by atoms with van der Waals surface area (Å²) in [5, 5.41) is 18.7. The first-order chi connectivity index (χ1) is 15.6. The van der Waals surface area contributed by atoms with Crippen molar-refractivity contribution >= 4 is 56.1 Å². The van der Waals surface area contributed by atoms with Crippen molar-refractivity contribution < 1.29 is 14.3 Å². The highest BCUT2D eigenvalue weighted by atomic mass is 32.1. The van der Waals surface area contributed by atoms with Crippen molar-refractivity contribution in [2.45, 2.75) is 26.2 Å². The SMILES string of the molecule is CCc1nnc(NC(=O)c2csc(NC(=O)c3sccc3CCCN3CCOCC3)n2)s1. The molecule has 9 nitrogen and oxygen atoms in total. The Morgan fingerprint density at radius 1 is 1.12 bits per heavy atom. The molecule has 4 rings (SSSR count). The van der Waals surface area contributed by atoms with Crippen molar-refractivity contribution in [2.75, 3.05) is 43.5 Å². The average Bonchev–Trinajstić information content (AvgIpc) is 3.55. The lowest BCUT2D eigenvalue weighted by atomic mass is 10.1. The molecule has 0 aromatic carbocycles. The minimum Gasteiger partial charge on any atom is -0.379 e. The molecule has 3 aromatic heterocycles. The molecule has 0 radical (unpaired) electrons. The molecule has 0 saturated carbocycles. The number of thiophene rings is 1. The van der Waals surface area contributed by atoms with Crippen LogP contribution in [0.3, 0.4) is 0 Å². The number of amides is 2. The smallest absolute Gasteiger partial charge is 0.277 e. The lowest BCUT2D eigenvalue weighted by Gasteiger charge is -2.26. The van der Waals surface area contributed by atoms with E-state index in [1.54, 1.807) is 5.38 Å². The summed E-state index contributed by atoms with van der Waals surface area (Å²) in [4.78, 5) is 32.5. The van der Waals surface area contributed by atoms with E-state index in [2.05, 4.69) is 30.7 Å². The van der Waals surface area contributed by atoms with E-state index in [1.165, 1.54) is 34.0 Å². The number of thiazole rings is 1. The van der Waals surface area contributed by atoms with Gasteiger partial charge in [-0.2, -0.15) is 0 Å². The molecule has 4 heterocycles. The Balaban J connectivity index is 1.30. The van der Waals surface area contributed by atoms with Crippen LogP contribution in [0.4, 0.5) is 10.3 Å². The second-order valence-electron chi connectivity index (χ2n) is 7.13. The Labute approximate surface area is 197 Å². The summed E-state index contributed by atoms with van der Waals surface area (Å²) in [5.41, 5.74) is 1.27. The van der Waals surface area contributed by atoms with Gasteiger partial charge in [0.2, 0.25) is 5.13 Å². The maximum Gasteiger partial charge on any atom is 0.277 e. The summed E-state index contributed by atoms with van der Waals surface area (Å²) in [5.74, 6) is -0.570. The molecule has 0 spiro atoms. The van der Waals surface area contributed by atoms with Gasteiger partial charge < -0.3 is 4.74 Å². The predicted molar refractivity (Wildman–Crippen MR) is 127 cm³/mol. The molecule has 0 bridgehead atoms. The van der Waals surface area contributed by atoms with Crippen LogP contribution >= 0.6 is 34.0 Å². The van der Waals surface area contributed by atoms with E-state index in [1.807, 2.05) is 18.4 Å². The lowest BCUT2D eigenvalue weighted by Crippen LogP contribution is -2.36. The minimum absolute atomic E-state index is 0.195. The number of ether oxygens (including phenoxy) is 1. The van der Waals surface area contributed by atoms with Gasteiger partial charge in [0, 0.05) is 18.5 Å². The number of carbonyl (C=O) groups is 2. The number of hydrogen-bond acceptors (Lipinski definition) is 10. The van der Waals surface area contributed by atoms with Gasteiger partial charge in [-0.3, -0.25) is 25.1 Å². The monoisotopic (exact) mass is 492 g/mol. The van der Waals surface area contributed by atoms with Crippen LogP contribution in [-0.4, -0.2) is 64.7 Å². The van der Waals surface area contributed by atoms with Gasteiger partial charge in [-0.15, -0.1) is 32.9 Å². The molecule has 2 N–H and O–H groups in total. The molecule has 32 heavy (non-hydrogen) atoms. The summed E-state index contributed by atoms with van der Waals surface area (Å²) >= 11 is 3.97. The van der Waals surface area contributed by atoms with Crippen LogP contribution in [0.2, 0.25) is 0 Å². The Morgan fingerprint density at radius 2 is 1.94 bits per heavy atom. The van der Waals surface area contributed by atoms with Crippen molar-refractivity contribution in [1.29, 1.82) is 0 Å². The zero-order valence-electron chi connectivity index (χ0n) is 17.6. The van der Waals surface area contributed by atoms with Gasteiger partial charge in [0.25, 0.3) is 11.8 Å². The number of rotatable bonds is 9. The number of nitrogens with zero attached hydrogens (tertiary/aromatic N) is 4. The van der Waals surface area contributed by atoms with Crippen molar-refractivity contribution in [3.05, 3.63) is 38.0 Å². The van der Waals surface area contributed by atoms with E-state index < -0.39 is 0 Å². The molecule has 0 aliphatic carbocycles. The third-order valence-electron chi connectivity index (χ3n) is 4.92. The lowest BCUT2D eigenvalue weighted by molar-refractivity contribution is 0.0374. The molecule has 170 valence electrons. The van der Waals surface area contributed by atoms with Crippen molar-refractivity contribution in [3.63, 3.8) is 0 Å². The highest BCUT2D eigenvalue weighted by molar-refractivity contribution is 7.15. The van der Waals surface area contributed by atoms with E-state index >= 15 is 0 Å². The maximum atomic E-state index is 12.8. The van der Waals surface area contributed by atoms with Crippen molar-refractivity contribution in [1.82, 2.24) is 20.1 Å². The Kier molecular flexibility index (Phi) is 7.92. The Bertz CT molecular complexity index is 1060. The number of morpholine rings is 1. The highest BCUT2D eigenvalue weighted by Gasteiger charge is 2.18. The standard InChI is InChI=1S/C20H24N6O3S3/c1-2-15-24-25-20(32-15)22-17(27)14-12-31-19(21-14)23-18(28)16-13(5-11-30-16)4-3-6-26-7-9-29-10-8-26/h5,11-12H,2-4,6-10H2,1H3,(H,21,23,28)(H,22,25,27). The van der Waals surface area contributed by atoms with E-state index in [9.17, 15) is 9.59 Å². The summed E-state index contributed by atoms with van der Waals surface area (Å²) in [6.07, 6.45) is 2.60. The molecule has 0 unspecified atom stereocenters. The second kappa shape index (κ2) is 11.1. The van der Waals surface area contributed by atoms with Crippen LogP contribution in [0.1, 0.15) is 44.1 Å². The number of aryl methyl sites for hydroxylation is 2. The van der Waals surface area contributed by atoms with Gasteiger partial charge in [-0.25, -0.2) is 4.98 Å². The van der Waals surface area contributed by atoms with Crippen LogP contribution in [0.25, 0.3) is 0 Å². The van der Waals surface area contributed by atoms with E-state index in [-0.39, 0.29) is 17.5 Å². The largest absolute Gasteiger partial charge is 0.379 e. The molecule has 12 heteroatoms. The first-order valence-electron chi connectivity index (χ1n) is 10.4. The third kappa shape index (κ3) is 5.95. The third-order valence-corrected chi connectivity index (χ3v) is 7.62. The second-order valence-corrected chi connectivity index (χ2v) is 9.97. The van der Waals surface area contributed by atoms with Crippen LogP contribution in [0, 0.1) is 0 Å². The highest BCUT2D eigenvalue weighted by Crippen LogP contribution is 2.23. The van der Waals surface area contributed by atoms with Crippen LogP contribution < -0.4 is 10.6 Å². The Hall–Kier alpha value is -2.25.